The van der Waals surface area contributed by atoms with E-state index in [-0.39, 0.29) is 22.9 Å². The SMILES string of the molecule is O=C(O)CCCc1cc2nc(Cl)ccc2n1S(=O)(=O)c1ccc(-c2nccs2)cc1. The van der Waals surface area contributed by atoms with E-state index in [1.54, 1.807) is 42.6 Å². The molecule has 3 heterocycles. The lowest BCUT2D eigenvalue weighted by atomic mass is 10.2. The normalized spacial score (nSPS) is 11.8. The predicted octanol–water partition coefficient (Wildman–Crippen LogP) is 4.46. The lowest BCUT2D eigenvalue weighted by Gasteiger charge is -2.12. The van der Waals surface area contributed by atoms with Gasteiger partial charge in [0.25, 0.3) is 10.0 Å². The highest BCUT2D eigenvalue weighted by atomic mass is 35.5. The molecule has 0 aliphatic rings. The van der Waals surface area contributed by atoms with Crippen LogP contribution in [0.5, 0.6) is 0 Å². The number of aryl methyl sites for hydroxylation is 1. The second-order valence-corrected chi connectivity index (χ2v) is 9.62. The summed E-state index contributed by atoms with van der Waals surface area (Å²) in [4.78, 5) is 19.4. The third-order valence-corrected chi connectivity index (χ3v) is 7.36. The fraction of sp³-hybridized carbons (Fsp3) is 0.150. The molecule has 0 amide bonds. The Bertz CT molecular complexity index is 1310. The Morgan fingerprint density at radius 3 is 2.60 bits per heavy atom. The molecule has 0 aliphatic heterocycles. The first-order valence-corrected chi connectivity index (χ1v) is 11.7. The molecule has 4 rings (SSSR count). The zero-order chi connectivity index (χ0) is 21.3. The molecule has 0 saturated carbocycles. The number of rotatable bonds is 7. The molecule has 1 aromatic carbocycles. The number of carboxylic acids is 1. The molecule has 154 valence electrons. The lowest BCUT2D eigenvalue weighted by molar-refractivity contribution is -0.137. The van der Waals surface area contributed by atoms with Crippen molar-refractivity contribution in [2.24, 2.45) is 0 Å². The average Bonchev–Trinajstić information content (AvgIpc) is 3.35. The largest absolute Gasteiger partial charge is 0.481 e. The van der Waals surface area contributed by atoms with Crippen LogP contribution >= 0.6 is 22.9 Å². The van der Waals surface area contributed by atoms with Gasteiger partial charge in [-0.1, -0.05) is 23.7 Å². The summed E-state index contributed by atoms with van der Waals surface area (Å²) in [6.45, 7) is 0. The molecule has 7 nitrogen and oxygen atoms in total. The molecule has 0 aliphatic carbocycles. The number of thiazole rings is 1. The lowest BCUT2D eigenvalue weighted by Crippen LogP contribution is -2.16. The number of carboxylic acid groups (broad SMARTS) is 1. The minimum absolute atomic E-state index is 0.0573. The van der Waals surface area contributed by atoms with E-state index in [0.717, 1.165) is 10.6 Å². The Morgan fingerprint density at radius 1 is 1.17 bits per heavy atom. The summed E-state index contributed by atoms with van der Waals surface area (Å²) in [6, 6.07) is 11.3. The van der Waals surface area contributed by atoms with Crippen molar-refractivity contribution in [2.45, 2.75) is 24.2 Å². The molecule has 0 radical (unpaired) electrons. The Balaban J connectivity index is 1.78. The summed E-state index contributed by atoms with van der Waals surface area (Å²) in [5.74, 6) is -0.931. The number of halogens is 1. The van der Waals surface area contributed by atoms with Gasteiger partial charge in [-0.2, -0.15) is 0 Å². The van der Waals surface area contributed by atoms with Crippen LogP contribution in [-0.2, 0) is 21.2 Å². The molecule has 4 aromatic rings. The van der Waals surface area contributed by atoms with Gasteiger partial charge in [-0.25, -0.2) is 22.4 Å². The molecule has 30 heavy (non-hydrogen) atoms. The fourth-order valence-corrected chi connectivity index (χ4v) is 5.57. The maximum absolute atomic E-state index is 13.5. The minimum atomic E-state index is -3.93. The van der Waals surface area contributed by atoms with Crippen LogP contribution in [0.1, 0.15) is 18.5 Å². The monoisotopic (exact) mass is 461 g/mol. The van der Waals surface area contributed by atoms with Crippen molar-refractivity contribution < 1.29 is 18.3 Å². The van der Waals surface area contributed by atoms with Gasteiger partial charge in [-0.15, -0.1) is 11.3 Å². The van der Waals surface area contributed by atoms with Crippen molar-refractivity contribution in [3.8, 4) is 10.6 Å². The van der Waals surface area contributed by atoms with E-state index in [1.807, 2.05) is 5.38 Å². The van der Waals surface area contributed by atoms with Crippen LogP contribution in [0.25, 0.3) is 21.6 Å². The molecule has 0 fully saturated rings. The molecular weight excluding hydrogens is 446 g/mol. The summed E-state index contributed by atoms with van der Waals surface area (Å²) in [5, 5.41) is 11.8. The van der Waals surface area contributed by atoms with Crippen LogP contribution in [0.2, 0.25) is 5.15 Å². The van der Waals surface area contributed by atoms with Crippen molar-refractivity contribution in [3.63, 3.8) is 0 Å². The summed E-state index contributed by atoms with van der Waals surface area (Å²) >= 11 is 7.44. The molecule has 0 saturated heterocycles. The van der Waals surface area contributed by atoms with E-state index in [2.05, 4.69) is 9.97 Å². The van der Waals surface area contributed by atoms with Crippen LogP contribution < -0.4 is 0 Å². The third-order valence-electron chi connectivity index (χ3n) is 4.55. The summed E-state index contributed by atoms with van der Waals surface area (Å²) in [7, 11) is -3.93. The number of fused-ring (bicyclic) bond motifs is 1. The molecule has 10 heteroatoms. The van der Waals surface area contributed by atoms with E-state index in [9.17, 15) is 13.2 Å². The Morgan fingerprint density at radius 2 is 1.93 bits per heavy atom. The van der Waals surface area contributed by atoms with Gasteiger partial charge in [0.15, 0.2) is 0 Å². The average molecular weight is 462 g/mol. The van der Waals surface area contributed by atoms with Gasteiger partial charge in [0.1, 0.15) is 10.2 Å². The van der Waals surface area contributed by atoms with Gasteiger partial charge >= 0.3 is 5.97 Å². The molecule has 3 aromatic heterocycles. The smallest absolute Gasteiger partial charge is 0.303 e. The van der Waals surface area contributed by atoms with Crippen molar-refractivity contribution in [3.05, 3.63) is 64.9 Å². The van der Waals surface area contributed by atoms with Crippen LogP contribution in [-0.4, -0.2) is 33.4 Å². The number of hydrogen-bond donors (Lipinski definition) is 1. The second kappa shape index (κ2) is 8.17. The Kier molecular flexibility index (Phi) is 5.59. The molecule has 1 N–H and O–H groups in total. The van der Waals surface area contributed by atoms with E-state index in [0.29, 0.717) is 23.1 Å². The number of aromatic nitrogens is 3. The number of carbonyl (C=O) groups is 1. The van der Waals surface area contributed by atoms with Crippen molar-refractivity contribution in [1.29, 1.82) is 0 Å². The second-order valence-electron chi connectivity index (χ2n) is 6.55. The van der Waals surface area contributed by atoms with Crippen molar-refractivity contribution in [1.82, 2.24) is 13.9 Å². The Hall–Kier alpha value is -2.75. The number of nitrogens with zero attached hydrogens (tertiary/aromatic N) is 3. The third kappa shape index (κ3) is 3.96. The van der Waals surface area contributed by atoms with Gasteiger partial charge in [-0.05, 0) is 43.2 Å². The maximum Gasteiger partial charge on any atom is 0.303 e. The van der Waals surface area contributed by atoms with Crippen LogP contribution in [0.3, 0.4) is 0 Å². The summed E-state index contributed by atoms with van der Waals surface area (Å²) < 4.78 is 28.2. The van der Waals surface area contributed by atoms with Gasteiger partial charge < -0.3 is 5.11 Å². The predicted molar refractivity (Wildman–Crippen MR) is 115 cm³/mol. The van der Waals surface area contributed by atoms with Crippen molar-refractivity contribution >= 4 is 50.0 Å². The first-order chi connectivity index (χ1) is 14.4. The standard InChI is InChI=1S/C20H16ClN3O4S2/c21-18-9-8-17-16(23-18)12-14(2-1-3-19(25)26)24(17)30(27,28)15-6-4-13(5-7-15)20-22-10-11-29-20/h4-12H,1-3H2,(H,25,26). The first kappa shape index (κ1) is 20.5. The van der Waals surface area contributed by atoms with Crippen LogP contribution in [0.15, 0.2) is 58.9 Å². The van der Waals surface area contributed by atoms with Crippen molar-refractivity contribution in [2.75, 3.05) is 0 Å². The molecule has 0 spiro atoms. The van der Waals surface area contributed by atoms with Gasteiger partial charge in [0.05, 0.1) is 15.9 Å². The van der Waals surface area contributed by atoms with E-state index in [4.69, 9.17) is 16.7 Å². The highest BCUT2D eigenvalue weighted by Crippen LogP contribution is 2.29. The van der Waals surface area contributed by atoms with Crippen LogP contribution in [0, 0.1) is 0 Å². The zero-order valence-electron chi connectivity index (χ0n) is 15.5. The number of aliphatic carboxylic acids is 1. The molecule has 0 unspecified atom stereocenters. The molecule has 0 atom stereocenters. The molecular formula is C20H16ClN3O4S2. The fourth-order valence-electron chi connectivity index (χ4n) is 3.21. The van der Waals surface area contributed by atoms with E-state index in [1.165, 1.54) is 21.4 Å². The van der Waals surface area contributed by atoms with E-state index < -0.39 is 16.0 Å². The first-order valence-electron chi connectivity index (χ1n) is 9.00. The topological polar surface area (TPSA) is 102 Å². The summed E-state index contributed by atoms with van der Waals surface area (Å²) in [6.07, 6.45) is 2.21. The van der Waals surface area contributed by atoms with Gasteiger partial charge in [-0.3, -0.25) is 4.79 Å². The minimum Gasteiger partial charge on any atom is -0.481 e. The quantitative estimate of drug-likeness (QED) is 0.408. The van der Waals surface area contributed by atoms with E-state index >= 15 is 0 Å². The number of pyridine rings is 1. The maximum atomic E-state index is 13.5. The van der Waals surface area contributed by atoms with Crippen LogP contribution in [0.4, 0.5) is 0 Å². The summed E-state index contributed by atoms with van der Waals surface area (Å²) in [5.41, 5.74) is 2.13. The zero-order valence-corrected chi connectivity index (χ0v) is 17.9. The Labute approximate surface area is 181 Å². The van der Waals surface area contributed by atoms with Gasteiger partial charge in [0.2, 0.25) is 0 Å². The molecule has 0 bridgehead atoms. The van der Waals surface area contributed by atoms with Gasteiger partial charge in [0, 0.05) is 29.3 Å². The highest BCUT2D eigenvalue weighted by Gasteiger charge is 2.24. The number of hydrogen-bond acceptors (Lipinski definition) is 6. The highest BCUT2D eigenvalue weighted by molar-refractivity contribution is 7.90. The number of benzene rings is 1.